The van der Waals surface area contributed by atoms with Crippen molar-refractivity contribution >= 4 is 23.7 Å². The standard InChI is InChI=1S/C21H22ClN5O4/c1-21(2,3)31-20(29)25-12-18-23-10-14(11-24-18)19(28)30-13-16-8-9-27(26-16)17-6-4-15(22)5-7-17/h4-11H,12-13H2,1-3H3,(H,25,29). The van der Waals surface area contributed by atoms with Gasteiger partial charge in [0.2, 0.25) is 0 Å². The lowest BCUT2D eigenvalue weighted by molar-refractivity contribution is 0.0463. The van der Waals surface area contributed by atoms with Crippen LogP contribution in [-0.4, -0.2) is 37.4 Å². The quantitative estimate of drug-likeness (QED) is 0.578. The molecule has 0 aliphatic carbocycles. The van der Waals surface area contributed by atoms with E-state index in [9.17, 15) is 9.59 Å². The molecule has 31 heavy (non-hydrogen) atoms. The van der Waals surface area contributed by atoms with Crippen LogP contribution in [0.4, 0.5) is 4.79 Å². The monoisotopic (exact) mass is 443 g/mol. The number of nitrogens with zero attached hydrogens (tertiary/aromatic N) is 4. The van der Waals surface area contributed by atoms with E-state index in [2.05, 4.69) is 20.4 Å². The van der Waals surface area contributed by atoms with Crippen molar-refractivity contribution in [2.24, 2.45) is 0 Å². The lowest BCUT2D eigenvalue weighted by atomic mass is 10.2. The summed E-state index contributed by atoms with van der Waals surface area (Å²) in [7, 11) is 0. The Balaban J connectivity index is 1.50. The predicted octanol–water partition coefficient (Wildman–Crippen LogP) is 3.70. The summed E-state index contributed by atoms with van der Waals surface area (Å²) >= 11 is 5.89. The van der Waals surface area contributed by atoms with Gasteiger partial charge in [-0.15, -0.1) is 0 Å². The van der Waals surface area contributed by atoms with Crippen LogP contribution in [0.15, 0.2) is 48.9 Å². The molecule has 2 aromatic heterocycles. The molecule has 0 fully saturated rings. The zero-order valence-electron chi connectivity index (χ0n) is 17.3. The van der Waals surface area contributed by atoms with Crippen LogP contribution in [0.5, 0.6) is 0 Å². The first-order valence-corrected chi connectivity index (χ1v) is 9.83. The molecule has 0 unspecified atom stereocenters. The van der Waals surface area contributed by atoms with E-state index >= 15 is 0 Å². The molecule has 1 N–H and O–H groups in total. The van der Waals surface area contributed by atoms with Crippen molar-refractivity contribution in [3.8, 4) is 5.69 Å². The van der Waals surface area contributed by atoms with Gasteiger partial charge in [-0.1, -0.05) is 11.6 Å². The zero-order chi connectivity index (χ0) is 22.4. The summed E-state index contributed by atoms with van der Waals surface area (Å²) in [4.78, 5) is 32.0. The maximum atomic E-state index is 12.2. The summed E-state index contributed by atoms with van der Waals surface area (Å²) in [5, 5.41) is 7.56. The van der Waals surface area contributed by atoms with E-state index in [1.807, 2.05) is 12.1 Å². The van der Waals surface area contributed by atoms with Crippen molar-refractivity contribution in [1.29, 1.82) is 0 Å². The van der Waals surface area contributed by atoms with Crippen molar-refractivity contribution < 1.29 is 19.1 Å². The molecule has 0 spiro atoms. The fourth-order valence-electron chi connectivity index (χ4n) is 2.42. The minimum absolute atomic E-state index is 0.00136. The molecular weight excluding hydrogens is 422 g/mol. The fraction of sp³-hybridized carbons (Fsp3) is 0.286. The molecule has 3 aromatic rings. The van der Waals surface area contributed by atoms with E-state index in [0.717, 1.165) is 5.69 Å². The summed E-state index contributed by atoms with van der Waals surface area (Å²) in [6.45, 7) is 5.39. The number of hydrogen-bond acceptors (Lipinski definition) is 7. The van der Waals surface area contributed by atoms with Crippen LogP contribution in [0, 0.1) is 0 Å². The Morgan fingerprint density at radius 3 is 2.42 bits per heavy atom. The smallest absolute Gasteiger partial charge is 0.408 e. The molecule has 162 valence electrons. The average molecular weight is 444 g/mol. The maximum absolute atomic E-state index is 12.2. The molecule has 1 amide bonds. The van der Waals surface area contributed by atoms with Crippen molar-refractivity contribution in [3.63, 3.8) is 0 Å². The van der Waals surface area contributed by atoms with Crippen molar-refractivity contribution in [2.45, 2.75) is 39.5 Å². The third-order valence-corrected chi connectivity index (χ3v) is 4.07. The Morgan fingerprint density at radius 1 is 1.10 bits per heavy atom. The third-order valence-electron chi connectivity index (χ3n) is 3.82. The average Bonchev–Trinajstić information content (AvgIpc) is 3.19. The highest BCUT2D eigenvalue weighted by atomic mass is 35.5. The number of nitrogens with one attached hydrogen (secondary N) is 1. The Labute approximate surface area is 184 Å². The second-order valence-electron chi connectivity index (χ2n) is 7.55. The molecular formula is C21H22ClN5O4. The van der Waals surface area contributed by atoms with Gasteiger partial charge in [-0.2, -0.15) is 5.10 Å². The Morgan fingerprint density at radius 2 is 1.77 bits per heavy atom. The molecule has 0 saturated carbocycles. The van der Waals surface area contributed by atoms with E-state index in [1.165, 1.54) is 12.4 Å². The van der Waals surface area contributed by atoms with Gasteiger partial charge in [-0.25, -0.2) is 24.2 Å². The van der Waals surface area contributed by atoms with Gasteiger partial charge in [0.15, 0.2) is 0 Å². The van der Waals surface area contributed by atoms with E-state index in [-0.39, 0.29) is 18.7 Å². The minimum Gasteiger partial charge on any atom is -0.455 e. The number of ether oxygens (including phenoxy) is 2. The van der Waals surface area contributed by atoms with Crippen LogP contribution >= 0.6 is 11.6 Å². The molecule has 0 bridgehead atoms. The van der Waals surface area contributed by atoms with Crippen molar-refractivity contribution in [3.05, 3.63) is 71.0 Å². The molecule has 0 aliphatic heterocycles. The van der Waals surface area contributed by atoms with Crippen LogP contribution in [-0.2, 0) is 22.6 Å². The second kappa shape index (κ2) is 9.57. The number of halogens is 1. The van der Waals surface area contributed by atoms with E-state index < -0.39 is 17.7 Å². The Hall–Kier alpha value is -3.46. The molecule has 0 saturated heterocycles. The summed E-state index contributed by atoms with van der Waals surface area (Å²) in [5.41, 5.74) is 1.02. The third kappa shape index (κ3) is 6.78. The van der Waals surface area contributed by atoms with Crippen molar-refractivity contribution in [2.75, 3.05) is 0 Å². The van der Waals surface area contributed by atoms with Gasteiger partial charge in [-0.05, 0) is 51.1 Å². The SMILES string of the molecule is CC(C)(C)OC(=O)NCc1ncc(C(=O)OCc2ccn(-c3ccc(Cl)cc3)n2)cn1. The minimum atomic E-state index is -0.594. The number of hydrogen-bond donors (Lipinski definition) is 1. The normalized spacial score (nSPS) is 11.1. The Bertz CT molecular complexity index is 1040. The predicted molar refractivity (Wildman–Crippen MR) is 113 cm³/mol. The number of carbonyl (C=O) groups is 2. The van der Waals surface area contributed by atoms with E-state index in [1.54, 1.807) is 49.8 Å². The van der Waals surface area contributed by atoms with Gasteiger partial charge in [0.1, 0.15) is 23.7 Å². The first-order valence-electron chi connectivity index (χ1n) is 9.45. The summed E-state index contributed by atoms with van der Waals surface area (Å²) in [6.07, 6.45) is 3.88. The maximum Gasteiger partial charge on any atom is 0.408 e. The van der Waals surface area contributed by atoms with E-state index in [0.29, 0.717) is 16.5 Å². The molecule has 10 heteroatoms. The first-order chi connectivity index (χ1) is 14.7. The highest BCUT2D eigenvalue weighted by Gasteiger charge is 2.16. The van der Waals surface area contributed by atoms with Gasteiger partial charge in [0, 0.05) is 23.6 Å². The lowest BCUT2D eigenvalue weighted by Gasteiger charge is -2.19. The highest BCUT2D eigenvalue weighted by Crippen LogP contribution is 2.13. The van der Waals surface area contributed by atoms with E-state index in [4.69, 9.17) is 21.1 Å². The van der Waals surface area contributed by atoms with Gasteiger partial charge in [-0.3, -0.25) is 0 Å². The first kappa shape index (κ1) is 22.2. The topological polar surface area (TPSA) is 108 Å². The van der Waals surface area contributed by atoms with Crippen LogP contribution in [0.1, 0.15) is 42.6 Å². The summed E-state index contributed by atoms with van der Waals surface area (Å²) in [6, 6.07) is 8.96. The summed E-state index contributed by atoms with van der Waals surface area (Å²) in [5.74, 6) is -0.239. The molecule has 1 aromatic carbocycles. The molecule has 2 heterocycles. The number of alkyl carbamates (subject to hydrolysis) is 1. The second-order valence-corrected chi connectivity index (χ2v) is 7.98. The summed E-state index contributed by atoms with van der Waals surface area (Å²) < 4.78 is 12.1. The van der Waals surface area contributed by atoms with Crippen LogP contribution in [0.3, 0.4) is 0 Å². The molecule has 3 rings (SSSR count). The molecule has 0 atom stereocenters. The van der Waals surface area contributed by atoms with Crippen LogP contribution < -0.4 is 5.32 Å². The Kier molecular flexibility index (Phi) is 6.86. The largest absolute Gasteiger partial charge is 0.455 e. The van der Waals surface area contributed by atoms with Gasteiger partial charge < -0.3 is 14.8 Å². The zero-order valence-corrected chi connectivity index (χ0v) is 18.1. The van der Waals surface area contributed by atoms with Crippen molar-refractivity contribution in [1.82, 2.24) is 25.1 Å². The lowest BCUT2D eigenvalue weighted by Crippen LogP contribution is -2.32. The number of aromatic nitrogens is 4. The number of carbonyl (C=O) groups excluding carboxylic acids is 2. The fourth-order valence-corrected chi connectivity index (χ4v) is 2.54. The van der Waals surface area contributed by atoms with Gasteiger partial charge in [0.05, 0.1) is 17.8 Å². The van der Waals surface area contributed by atoms with Crippen LogP contribution in [0.25, 0.3) is 5.69 Å². The van der Waals surface area contributed by atoms with Crippen LogP contribution in [0.2, 0.25) is 5.02 Å². The number of amides is 1. The number of rotatable bonds is 6. The van der Waals surface area contributed by atoms with Gasteiger partial charge in [0.25, 0.3) is 0 Å². The molecule has 9 nitrogen and oxygen atoms in total. The number of esters is 1. The molecule has 0 radical (unpaired) electrons. The molecule has 0 aliphatic rings. The van der Waals surface area contributed by atoms with Gasteiger partial charge >= 0.3 is 12.1 Å². The number of benzene rings is 1. The highest BCUT2D eigenvalue weighted by molar-refractivity contribution is 6.30.